The van der Waals surface area contributed by atoms with Crippen molar-refractivity contribution in [3.63, 3.8) is 0 Å². The SMILES string of the molecule is Nc1ccc(Br)cc1Nc1c(Cl)cc(F)cc1Cl. The Morgan fingerprint density at radius 3 is 2.33 bits per heavy atom. The van der Waals surface area contributed by atoms with E-state index < -0.39 is 5.82 Å². The number of rotatable bonds is 2. The Bertz CT molecular complexity index is 582. The Morgan fingerprint density at radius 1 is 1.11 bits per heavy atom. The molecule has 0 aliphatic rings. The van der Waals surface area contributed by atoms with Crippen LogP contribution in [0.3, 0.4) is 0 Å². The first-order valence-corrected chi connectivity index (χ1v) is 6.49. The molecule has 0 amide bonds. The highest BCUT2D eigenvalue weighted by Gasteiger charge is 2.10. The van der Waals surface area contributed by atoms with Gasteiger partial charge in [-0.1, -0.05) is 39.1 Å². The maximum absolute atomic E-state index is 13.1. The van der Waals surface area contributed by atoms with Crippen LogP contribution in [0.5, 0.6) is 0 Å². The molecule has 6 heteroatoms. The molecule has 0 heterocycles. The summed E-state index contributed by atoms with van der Waals surface area (Å²) < 4.78 is 13.9. The largest absolute Gasteiger partial charge is 0.397 e. The van der Waals surface area contributed by atoms with Crippen molar-refractivity contribution in [2.45, 2.75) is 0 Å². The van der Waals surface area contributed by atoms with E-state index in [0.717, 1.165) is 4.47 Å². The zero-order chi connectivity index (χ0) is 13.3. The van der Waals surface area contributed by atoms with Gasteiger partial charge < -0.3 is 11.1 Å². The molecule has 94 valence electrons. The Hall–Kier alpha value is -0.970. The van der Waals surface area contributed by atoms with Crippen LogP contribution in [0.2, 0.25) is 10.0 Å². The molecule has 0 aromatic heterocycles. The van der Waals surface area contributed by atoms with Crippen molar-refractivity contribution >= 4 is 56.2 Å². The number of hydrogen-bond acceptors (Lipinski definition) is 2. The fourth-order valence-electron chi connectivity index (χ4n) is 1.43. The van der Waals surface area contributed by atoms with E-state index in [2.05, 4.69) is 21.2 Å². The summed E-state index contributed by atoms with van der Waals surface area (Å²) >= 11 is 15.2. The van der Waals surface area contributed by atoms with Crippen molar-refractivity contribution in [3.8, 4) is 0 Å². The molecule has 0 saturated carbocycles. The fraction of sp³-hybridized carbons (Fsp3) is 0. The minimum atomic E-state index is -0.488. The van der Waals surface area contributed by atoms with Crippen LogP contribution in [0, 0.1) is 5.82 Å². The van der Waals surface area contributed by atoms with Gasteiger partial charge in [0.15, 0.2) is 0 Å². The van der Waals surface area contributed by atoms with E-state index in [4.69, 9.17) is 28.9 Å². The predicted molar refractivity (Wildman–Crippen MR) is 78.3 cm³/mol. The van der Waals surface area contributed by atoms with Crippen molar-refractivity contribution in [3.05, 3.63) is 50.7 Å². The zero-order valence-electron chi connectivity index (χ0n) is 8.98. The minimum Gasteiger partial charge on any atom is -0.397 e. The monoisotopic (exact) mass is 348 g/mol. The summed E-state index contributed by atoms with van der Waals surface area (Å²) in [5.74, 6) is -0.488. The molecule has 0 fully saturated rings. The van der Waals surface area contributed by atoms with Crippen LogP contribution in [0.1, 0.15) is 0 Å². The van der Waals surface area contributed by atoms with Crippen LogP contribution >= 0.6 is 39.1 Å². The molecule has 0 bridgehead atoms. The maximum atomic E-state index is 13.1. The fourth-order valence-corrected chi connectivity index (χ4v) is 2.35. The highest BCUT2D eigenvalue weighted by Crippen LogP contribution is 2.36. The van der Waals surface area contributed by atoms with Gasteiger partial charge in [-0.05, 0) is 30.3 Å². The minimum absolute atomic E-state index is 0.194. The van der Waals surface area contributed by atoms with Gasteiger partial charge in [0.1, 0.15) is 5.82 Å². The van der Waals surface area contributed by atoms with Gasteiger partial charge in [0.05, 0.1) is 27.1 Å². The third kappa shape index (κ3) is 2.88. The maximum Gasteiger partial charge on any atom is 0.126 e. The van der Waals surface area contributed by atoms with E-state index in [9.17, 15) is 4.39 Å². The van der Waals surface area contributed by atoms with Crippen molar-refractivity contribution in [1.82, 2.24) is 0 Å². The zero-order valence-corrected chi connectivity index (χ0v) is 12.1. The summed E-state index contributed by atoms with van der Waals surface area (Å²) in [4.78, 5) is 0. The first kappa shape index (κ1) is 13.5. The molecule has 0 radical (unpaired) electrons. The van der Waals surface area contributed by atoms with Crippen molar-refractivity contribution in [2.75, 3.05) is 11.1 Å². The van der Waals surface area contributed by atoms with Crippen LogP contribution in [0.4, 0.5) is 21.5 Å². The molecule has 0 spiro atoms. The molecular weight excluding hydrogens is 342 g/mol. The second-order valence-electron chi connectivity index (χ2n) is 3.60. The van der Waals surface area contributed by atoms with Crippen LogP contribution < -0.4 is 11.1 Å². The van der Waals surface area contributed by atoms with Gasteiger partial charge >= 0.3 is 0 Å². The quantitative estimate of drug-likeness (QED) is 0.729. The van der Waals surface area contributed by atoms with E-state index in [0.29, 0.717) is 17.1 Å². The lowest BCUT2D eigenvalue weighted by Gasteiger charge is -2.13. The lowest BCUT2D eigenvalue weighted by Crippen LogP contribution is -1.98. The van der Waals surface area contributed by atoms with Crippen molar-refractivity contribution in [2.24, 2.45) is 0 Å². The molecule has 2 rings (SSSR count). The normalized spacial score (nSPS) is 10.4. The molecule has 0 aliphatic heterocycles. The summed E-state index contributed by atoms with van der Waals surface area (Å²) in [7, 11) is 0. The number of halogens is 4. The van der Waals surface area contributed by atoms with Gasteiger partial charge in [0.2, 0.25) is 0 Å². The molecular formula is C12H8BrCl2FN2. The number of hydrogen-bond donors (Lipinski definition) is 2. The third-order valence-corrected chi connectivity index (χ3v) is 3.37. The molecule has 2 nitrogen and oxygen atoms in total. The average molecular weight is 350 g/mol. The number of benzene rings is 2. The second-order valence-corrected chi connectivity index (χ2v) is 5.33. The highest BCUT2D eigenvalue weighted by atomic mass is 79.9. The van der Waals surface area contributed by atoms with Gasteiger partial charge in [-0.3, -0.25) is 0 Å². The molecule has 0 saturated heterocycles. The topological polar surface area (TPSA) is 38.0 Å². The molecule has 0 unspecified atom stereocenters. The van der Waals surface area contributed by atoms with Gasteiger partial charge in [-0.25, -0.2) is 4.39 Å². The standard InChI is InChI=1S/C12H8BrCl2FN2/c13-6-1-2-10(17)11(3-6)18-12-8(14)4-7(16)5-9(12)15/h1-5,18H,17H2. The molecule has 18 heavy (non-hydrogen) atoms. The Balaban J connectivity index is 2.43. The first-order chi connectivity index (χ1) is 8.47. The Labute approximate surface area is 122 Å². The molecule has 0 atom stereocenters. The van der Waals surface area contributed by atoms with Crippen LogP contribution in [-0.2, 0) is 0 Å². The number of nitrogens with one attached hydrogen (secondary N) is 1. The van der Waals surface area contributed by atoms with Crippen LogP contribution in [0.15, 0.2) is 34.8 Å². The van der Waals surface area contributed by atoms with E-state index >= 15 is 0 Å². The van der Waals surface area contributed by atoms with Crippen molar-refractivity contribution in [1.29, 1.82) is 0 Å². The Kier molecular flexibility index (Phi) is 4.00. The molecule has 0 aliphatic carbocycles. The van der Waals surface area contributed by atoms with Crippen LogP contribution in [-0.4, -0.2) is 0 Å². The summed E-state index contributed by atoms with van der Waals surface area (Å²) in [6.07, 6.45) is 0. The van der Waals surface area contributed by atoms with E-state index in [1.165, 1.54) is 12.1 Å². The average Bonchev–Trinajstić information content (AvgIpc) is 2.28. The van der Waals surface area contributed by atoms with E-state index in [-0.39, 0.29) is 10.0 Å². The van der Waals surface area contributed by atoms with Crippen molar-refractivity contribution < 1.29 is 4.39 Å². The van der Waals surface area contributed by atoms with Crippen LogP contribution in [0.25, 0.3) is 0 Å². The van der Waals surface area contributed by atoms with Gasteiger partial charge in [0.25, 0.3) is 0 Å². The van der Waals surface area contributed by atoms with E-state index in [1.54, 1.807) is 12.1 Å². The summed E-state index contributed by atoms with van der Waals surface area (Å²) in [6, 6.07) is 7.70. The first-order valence-electron chi connectivity index (χ1n) is 4.94. The number of anilines is 3. The second kappa shape index (κ2) is 5.34. The number of nitrogen functional groups attached to an aromatic ring is 1. The number of nitrogens with two attached hydrogens (primary N) is 1. The lowest BCUT2D eigenvalue weighted by molar-refractivity contribution is 0.628. The highest BCUT2D eigenvalue weighted by molar-refractivity contribution is 9.10. The smallest absolute Gasteiger partial charge is 0.126 e. The molecule has 2 aromatic rings. The Morgan fingerprint density at radius 2 is 1.72 bits per heavy atom. The van der Waals surface area contributed by atoms with Gasteiger partial charge in [-0.15, -0.1) is 0 Å². The van der Waals surface area contributed by atoms with E-state index in [1.807, 2.05) is 6.07 Å². The van der Waals surface area contributed by atoms with Gasteiger partial charge in [0, 0.05) is 4.47 Å². The summed E-state index contributed by atoms with van der Waals surface area (Å²) in [5.41, 5.74) is 7.42. The van der Waals surface area contributed by atoms with Gasteiger partial charge in [-0.2, -0.15) is 0 Å². The molecule has 3 N–H and O–H groups in total. The summed E-state index contributed by atoms with van der Waals surface area (Å²) in [6.45, 7) is 0. The lowest BCUT2D eigenvalue weighted by atomic mass is 10.2. The third-order valence-electron chi connectivity index (χ3n) is 2.28. The molecule has 2 aromatic carbocycles. The predicted octanol–water partition coefficient (Wildman–Crippen LogP) is 5.22. The summed E-state index contributed by atoms with van der Waals surface area (Å²) in [5, 5.41) is 3.38.